The van der Waals surface area contributed by atoms with Crippen LogP contribution >= 0.6 is 0 Å². The summed E-state index contributed by atoms with van der Waals surface area (Å²) >= 11 is 0. The molecular weight excluding hydrogens is 382 g/mol. The number of para-hydroxylation sites is 1. The van der Waals surface area contributed by atoms with Crippen molar-refractivity contribution in [2.75, 3.05) is 12.3 Å². The Morgan fingerprint density at radius 2 is 1.97 bits per heavy atom. The molecule has 0 radical (unpaired) electrons. The summed E-state index contributed by atoms with van der Waals surface area (Å²) in [7, 11) is 0. The van der Waals surface area contributed by atoms with E-state index in [1.54, 1.807) is 30.7 Å². The van der Waals surface area contributed by atoms with Crippen molar-refractivity contribution in [2.45, 2.75) is 31.9 Å². The molecule has 4 rings (SSSR count). The zero-order valence-corrected chi connectivity index (χ0v) is 16.6. The summed E-state index contributed by atoms with van der Waals surface area (Å²) in [5, 5.41) is 15.9. The Labute approximate surface area is 174 Å². The van der Waals surface area contributed by atoms with E-state index in [9.17, 15) is 4.79 Å². The highest BCUT2D eigenvalue weighted by Crippen LogP contribution is 2.27. The van der Waals surface area contributed by atoms with Crippen molar-refractivity contribution in [2.24, 2.45) is 0 Å². The lowest BCUT2D eigenvalue weighted by Gasteiger charge is -2.38. The van der Waals surface area contributed by atoms with Gasteiger partial charge in [-0.3, -0.25) is 4.79 Å². The molecule has 154 valence electrons. The second kappa shape index (κ2) is 8.32. The van der Waals surface area contributed by atoms with E-state index in [0.29, 0.717) is 34.9 Å². The van der Waals surface area contributed by atoms with E-state index in [1.165, 1.54) is 4.80 Å². The van der Waals surface area contributed by atoms with Gasteiger partial charge >= 0.3 is 0 Å². The van der Waals surface area contributed by atoms with Gasteiger partial charge in [0.15, 0.2) is 0 Å². The molecule has 0 saturated carbocycles. The first-order chi connectivity index (χ1) is 14.6. The summed E-state index contributed by atoms with van der Waals surface area (Å²) in [6.07, 6.45) is 7.18. The second-order valence-corrected chi connectivity index (χ2v) is 7.22. The fourth-order valence-corrected chi connectivity index (χ4v) is 3.64. The molecule has 0 spiro atoms. The fraction of sp³-hybridized carbons (Fsp3) is 0.286. The Morgan fingerprint density at radius 1 is 1.20 bits per heavy atom. The van der Waals surface area contributed by atoms with Crippen LogP contribution in [0.2, 0.25) is 0 Å². The molecule has 0 bridgehead atoms. The zero-order chi connectivity index (χ0) is 21.1. The molecule has 1 amide bonds. The number of rotatable bonds is 5. The predicted molar refractivity (Wildman–Crippen MR) is 112 cm³/mol. The minimum atomic E-state index is -0.242. The summed E-state index contributed by atoms with van der Waals surface area (Å²) in [4.78, 5) is 20.9. The van der Waals surface area contributed by atoms with Crippen molar-refractivity contribution in [3.63, 3.8) is 0 Å². The van der Waals surface area contributed by atoms with Crippen LogP contribution < -0.4 is 10.5 Å². The van der Waals surface area contributed by atoms with E-state index in [2.05, 4.69) is 15.2 Å². The number of carbonyl (C=O) groups excluding carboxylic acids is 1. The fourth-order valence-electron chi connectivity index (χ4n) is 3.64. The number of amides is 1. The van der Waals surface area contributed by atoms with Crippen LogP contribution in [0.25, 0.3) is 5.69 Å². The molecule has 1 aromatic carbocycles. The molecule has 2 atom stereocenters. The molecule has 30 heavy (non-hydrogen) atoms. The third-order valence-electron chi connectivity index (χ3n) is 5.28. The summed E-state index contributed by atoms with van der Waals surface area (Å²) in [5.74, 6) is 0.217. The number of piperidine rings is 1. The van der Waals surface area contributed by atoms with Crippen LogP contribution in [0, 0.1) is 5.41 Å². The standard InChI is InChI=1S/C21H23N7O2/c1-14-6-7-15(30-20-17(12-22)18(23)8-9-24-20)13-27(14)21(29)16-4-2-3-5-19(16)28-25-10-11-26-28/h2-5,8-12,14-15,22H,6-7,13H2,1H3,(H2,23,24)/t14-,15?/m1/s1. The first-order valence-electron chi connectivity index (χ1n) is 9.76. The van der Waals surface area contributed by atoms with Gasteiger partial charge in [-0.1, -0.05) is 12.1 Å². The number of ether oxygens (including phenoxy) is 1. The number of pyridine rings is 1. The Bertz CT molecular complexity index is 1050. The molecular formula is C21H23N7O2. The van der Waals surface area contributed by atoms with E-state index in [-0.39, 0.29) is 18.1 Å². The highest BCUT2D eigenvalue weighted by atomic mass is 16.5. The number of likely N-dealkylation sites (tertiary alicyclic amines) is 1. The molecule has 1 aliphatic heterocycles. The smallest absolute Gasteiger partial charge is 0.256 e. The van der Waals surface area contributed by atoms with Gasteiger partial charge in [-0.05, 0) is 38.0 Å². The number of nitrogen functional groups attached to an aromatic ring is 1. The van der Waals surface area contributed by atoms with Gasteiger partial charge in [0.05, 0.1) is 35.8 Å². The van der Waals surface area contributed by atoms with Crippen LogP contribution in [0.15, 0.2) is 48.9 Å². The Kier molecular flexibility index (Phi) is 5.42. The van der Waals surface area contributed by atoms with Crippen LogP contribution in [-0.4, -0.2) is 55.7 Å². The van der Waals surface area contributed by atoms with Crippen molar-refractivity contribution in [1.29, 1.82) is 5.41 Å². The van der Waals surface area contributed by atoms with Crippen molar-refractivity contribution in [1.82, 2.24) is 24.9 Å². The number of nitrogens with zero attached hydrogens (tertiary/aromatic N) is 5. The lowest BCUT2D eigenvalue weighted by molar-refractivity contribution is 0.0372. The van der Waals surface area contributed by atoms with Gasteiger partial charge in [0.1, 0.15) is 6.10 Å². The molecule has 3 aromatic rings. The molecule has 9 nitrogen and oxygen atoms in total. The van der Waals surface area contributed by atoms with E-state index in [1.807, 2.05) is 30.0 Å². The minimum absolute atomic E-state index is 0.0620. The van der Waals surface area contributed by atoms with Crippen molar-refractivity contribution in [3.05, 3.63) is 60.0 Å². The maximum Gasteiger partial charge on any atom is 0.256 e. The molecule has 2 aromatic heterocycles. The SMILES string of the molecule is C[C@@H]1CCC(Oc2nccc(N)c2C=N)CN1C(=O)c1ccccc1-n1nccn1. The highest BCUT2D eigenvalue weighted by molar-refractivity contribution is 5.98. The number of anilines is 1. The predicted octanol–water partition coefficient (Wildman–Crippen LogP) is 2.31. The first-order valence-corrected chi connectivity index (χ1v) is 9.76. The highest BCUT2D eigenvalue weighted by Gasteiger charge is 2.32. The lowest BCUT2D eigenvalue weighted by Crippen LogP contribution is -2.49. The van der Waals surface area contributed by atoms with Crippen LogP contribution in [0.4, 0.5) is 5.69 Å². The molecule has 1 aliphatic rings. The van der Waals surface area contributed by atoms with Crippen LogP contribution in [-0.2, 0) is 0 Å². The summed E-state index contributed by atoms with van der Waals surface area (Å²) in [5.41, 5.74) is 7.97. The van der Waals surface area contributed by atoms with Gasteiger partial charge in [0.25, 0.3) is 5.91 Å². The molecule has 9 heteroatoms. The first kappa shape index (κ1) is 19.6. The summed E-state index contributed by atoms with van der Waals surface area (Å²) in [6.45, 7) is 2.44. The molecule has 1 fully saturated rings. The number of aromatic nitrogens is 4. The van der Waals surface area contributed by atoms with Gasteiger partial charge in [-0.25, -0.2) is 4.98 Å². The topological polar surface area (TPSA) is 123 Å². The third kappa shape index (κ3) is 3.73. The van der Waals surface area contributed by atoms with E-state index in [4.69, 9.17) is 15.9 Å². The molecule has 3 N–H and O–H groups in total. The van der Waals surface area contributed by atoms with Gasteiger partial charge in [0, 0.05) is 24.1 Å². The zero-order valence-electron chi connectivity index (χ0n) is 16.6. The molecule has 1 unspecified atom stereocenters. The quantitative estimate of drug-likeness (QED) is 0.628. The number of carbonyl (C=O) groups is 1. The maximum atomic E-state index is 13.4. The van der Waals surface area contributed by atoms with Crippen LogP contribution in [0.1, 0.15) is 35.7 Å². The van der Waals surface area contributed by atoms with Crippen molar-refractivity contribution >= 4 is 17.8 Å². The maximum absolute atomic E-state index is 13.4. The normalized spacial score (nSPS) is 18.8. The monoisotopic (exact) mass is 405 g/mol. The van der Waals surface area contributed by atoms with Crippen molar-refractivity contribution in [3.8, 4) is 11.6 Å². The number of benzene rings is 1. The molecule has 1 saturated heterocycles. The molecule has 0 aliphatic carbocycles. The van der Waals surface area contributed by atoms with Crippen molar-refractivity contribution < 1.29 is 9.53 Å². The third-order valence-corrected chi connectivity index (χ3v) is 5.28. The van der Waals surface area contributed by atoms with Gasteiger partial charge in [-0.2, -0.15) is 15.0 Å². The van der Waals surface area contributed by atoms with Crippen LogP contribution in [0.5, 0.6) is 5.88 Å². The Hall–Kier alpha value is -3.75. The number of nitrogens with one attached hydrogen (secondary N) is 1. The molecule has 3 heterocycles. The largest absolute Gasteiger partial charge is 0.472 e. The number of hydrogen-bond acceptors (Lipinski definition) is 7. The summed E-state index contributed by atoms with van der Waals surface area (Å²) < 4.78 is 6.06. The second-order valence-electron chi connectivity index (χ2n) is 7.22. The Morgan fingerprint density at radius 3 is 2.73 bits per heavy atom. The van der Waals surface area contributed by atoms with E-state index in [0.717, 1.165) is 19.1 Å². The lowest BCUT2D eigenvalue weighted by atomic mass is 9.99. The average Bonchev–Trinajstić information content (AvgIpc) is 3.30. The average molecular weight is 405 g/mol. The number of hydrogen-bond donors (Lipinski definition) is 2. The Balaban J connectivity index is 1.57. The van der Waals surface area contributed by atoms with Gasteiger partial charge < -0.3 is 20.8 Å². The number of nitrogens with two attached hydrogens (primary N) is 1. The minimum Gasteiger partial charge on any atom is -0.472 e. The van der Waals surface area contributed by atoms with E-state index < -0.39 is 0 Å². The van der Waals surface area contributed by atoms with Crippen LogP contribution in [0.3, 0.4) is 0 Å². The van der Waals surface area contributed by atoms with E-state index >= 15 is 0 Å². The van der Waals surface area contributed by atoms with Gasteiger partial charge in [-0.15, -0.1) is 0 Å². The summed E-state index contributed by atoms with van der Waals surface area (Å²) in [6, 6.07) is 8.98. The van der Waals surface area contributed by atoms with Gasteiger partial charge in [0.2, 0.25) is 5.88 Å².